The third-order valence-corrected chi connectivity index (χ3v) is 4.17. The molecule has 0 unspecified atom stereocenters. The lowest BCUT2D eigenvalue weighted by atomic mass is 9.91. The highest BCUT2D eigenvalue weighted by Crippen LogP contribution is 2.25. The van der Waals surface area contributed by atoms with Crippen molar-refractivity contribution in [2.45, 2.75) is 75.2 Å². The van der Waals surface area contributed by atoms with E-state index in [1.165, 1.54) is 57.8 Å². The van der Waals surface area contributed by atoms with Gasteiger partial charge in [-0.3, -0.25) is 0 Å². The van der Waals surface area contributed by atoms with Crippen LogP contribution in [0.3, 0.4) is 0 Å². The molecule has 2 aliphatic carbocycles. The largest absolute Gasteiger partial charge is 0.311 e. The van der Waals surface area contributed by atoms with Crippen LogP contribution >= 0.6 is 11.6 Å². The summed E-state index contributed by atoms with van der Waals surface area (Å²) >= 11 is 6.10. The topological polar surface area (TPSA) is 12.0 Å². The second kappa shape index (κ2) is 5.37. The summed E-state index contributed by atoms with van der Waals surface area (Å²) < 4.78 is 0. The molecule has 2 saturated carbocycles. The molecule has 2 heteroatoms. The van der Waals surface area contributed by atoms with E-state index in [1.807, 2.05) is 0 Å². The minimum Gasteiger partial charge on any atom is -0.311 e. The third kappa shape index (κ3) is 3.13. The standard InChI is InChI=1S/C12H22ClN/c13-10-6-8-12(9-7-10)14-11-4-2-1-3-5-11/h10-12,14H,1-9H2. The number of hydrogen-bond donors (Lipinski definition) is 1. The lowest BCUT2D eigenvalue weighted by molar-refractivity contribution is 0.293. The van der Waals surface area contributed by atoms with Crippen molar-refractivity contribution >= 4 is 11.6 Å². The normalized spacial score (nSPS) is 35.8. The SMILES string of the molecule is ClC1CCC(NC2CCCCC2)CC1. The molecule has 82 valence electrons. The van der Waals surface area contributed by atoms with Crippen molar-refractivity contribution in [1.82, 2.24) is 5.32 Å². The van der Waals surface area contributed by atoms with Crippen molar-refractivity contribution in [1.29, 1.82) is 0 Å². The van der Waals surface area contributed by atoms with Crippen LogP contribution in [0, 0.1) is 0 Å². The van der Waals surface area contributed by atoms with Crippen LogP contribution in [-0.2, 0) is 0 Å². The van der Waals surface area contributed by atoms with Crippen molar-refractivity contribution in [3.05, 3.63) is 0 Å². The highest BCUT2D eigenvalue weighted by Gasteiger charge is 2.22. The maximum atomic E-state index is 6.10. The van der Waals surface area contributed by atoms with Crippen LogP contribution in [0.15, 0.2) is 0 Å². The number of halogens is 1. The van der Waals surface area contributed by atoms with Crippen molar-refractivity contribution in [3.63, 3.8) is 0 Å². The molecule has 0 atom stereocenters. The van der Waals surface area contributed by atoms with E-state index in [0.717, 1.165) is 12.1 Å². The fourth-order valence-electron chi connectivity index (χ4n) is 2.82. The summed E-state index contributed by atoms with van der Waals surface area (Å²) in [6, 6.07) is 1.59. The summed E-state index contributed by atoms with van der Waals surface area (Å²) in [7, 11) is 0. The Hall–Kier alpha value is 0.250. The van der Waals surface area contributed by atoms with Gasteiger partial charge in [0.15, 0.2) is 0 Å². The molecule has 0 aromatic heterocycles. The van der Waals surface area contributed by atoms with Crippen molar-refractivity contribution in [3.8, 4) is 0 Å². The van der Waals surface area contributed by atoms with E-state index < -0.39 is 0 Å². The molecule has 0 aromatic rings. The van der Waals surface area contributed by atoms with Gasteiger partial charge < -0.3 is 5.32 Å². The van der Waals surface area contributed by atoms with Gasteiger partial charge in [-0.2, -0.15) is 0 Å². The molecule has 0 spiro atoms. The van der Waals surface area contributed by atoms with Gasteiger partial charge in [-0.15, -0.1) is 11.6 Å². The molecule has 14 heavy (non-hydrogen) atoms. The fourth-order valence-corrected chi connectivity index (χ4v) is 3.07. The fraction of sp³-hybridized carbons (Fsp3) is 1.00. The predicted octanol–water partition coefficient (Wildman–Crippen LogP) is 3.46. The van der Waals surface area contributed by atoms with Gasteiger partial charge in [0, 0.05) is 17.5 Å². The highest BCUT2D eigenvalue weighted by atomic mass is 35.5. The van der Waals surface area contributed by atoms with Crippen LogP contribution in [0.5, 0.6) is 0 Å². The van der Waals surface area contributed by atoms with Crippen LogP contribution in [0.1, 0.15) is 57.8 Å². The molecule has 2 fully saturated rings. The zero-order chi connectivity index (χ0) is 9.80. The molecule has 0 radical (unpaired) electrons. The number of rotatable bonds is 2. The maximum Gasteiger partial charge on any atom is 0.0337 e. The summed E-state index contributed by atoms with van der Waals surface area (Å²) in [5, 5.41) is 4.28. The van der Waals surface area contributed by atoms with E-state index in [2.05, 4.69) is 5.32 Å². The van der Waals surface area contributed by atoms with Gasteiger partial charge in [0.1, 0.15) is 0 Å². The zero-order valence-corrected chi connectivity index (χ0v) is 9.73. The predicted molar refractivity (Wildman–Crippen MR) is 61.9 cm³/mol. The Labute approximate surface area is 92.6 Å². The van der Waals surface area contributed by atoms with Crippen molar-refractivity contribution in [2.75, 3.05) is 0 Å². The van der Waals surface area contributed by atoms with Crippen molar-refractivity contribution in [2.24, 2.45) is 0 Å². The van der Waals surface area contributed by atoms with E-state index in [0.29, 0.717) is 5.38 Å². The first-order valence-corrected chi connectivity index (χ1v) is 6.68. The average molecular weight is 216 g/mol. The molecule has 0 bridgehead atoms. The maximum absolute atomic E-state index is 6.10. The smallest absolute Gasteiger partial charge is 0.0337 e. The summed E-state index contributed by atoms with van der Waals surface area (Å²) in [6.45, 7) is 0. The molecule has 2 aliphatic rings. The number of alkyl halides is 1. The summed E-state index contributed by atoms with van der Waals surface area (Å²) in [4.78, 5) is 0. The van der Waals surface area contributed by atoms with Crippen LogP contribution in [0.4, 0.5) is 0 Å². The van der Waals surface area contributed by atoms with Crippen LogP contribution in [0.2, 0.25) is 0 Å². The van der Waals surface area contributed by atoms with E-state index >= 15 is 0 Å². The Morgan fingerprint density at radius 2 is 1.29 bits per heavy atom. The van der Waals surface area contributed by atoms with Crippen molar-refractivity contribution < 1.29 is 0 Å². The molecule has 2 rings (SSSR count). The average Bonchev–Trinajstić information content (AvgIpc) is 2.23. The van der Waals surface area contributed by atoms with E-state index in [9.17, 15) is 0 Å². The van der Waals surface area contributed by atoms with E-state index in [-0.39, 0.29) is 0 Å². The molecule has 1 nitrogen and oxygen atoms in total. The lowest BCUT2D eigenvalue weighted by Gasteiger charge is -2.32. The summed E-state index contributed by atoms with van der Waals surface area (Å²) in [6.07, 6.45) is 12.1. The second-order valence-electron chi connectivity index (χ2n) is 4.95. The van der Waals surface area contributed by atoms with Crippen LogP contribution in [-0.4, -0.2) is 17.5 Å². The van der Waals surface area contributed by atoms with Gasteiger partial charge in [-0.05, 0) is 38.5 Å². The Morgan fingerprint density at radius 3 is 1.93 bits per heavy atom. The number of hydrogen-bond acceptors (Lipinski definition) is 1. The monoisotopic (exact) mass is 215 g/mol. The van der Waals surface area contributed by atoms with Gasteiger partial charge in [0.05, 0.1) is 0 Å². The molecule has 0 heterocycles. The van der Waals surface area contributed by atoms with Crippen LogP contribution in [0.25, 0.3) is 0 Å². The van der Waals surface area contributed by atoms with Gasteiger partial charge in [0.25, 0.3) is 0 Å². The van der Waals surface area contributed by atoms with E-state index in [4.69, 9.17) is 11.6 Å². The molecule has 0 aliphatic heterocycles. The quantitative estimate of drug-likeness (QED) is 0.696. The molecule has 1 N–H and O–H groups in total. The minimum absolute atomic E-state index is 0.458. The highest BCUT2D eigenvalue weighted by molar-refractivity contribution is 6.20. The van der Waals surface area contributed by atoms with E-state index in [1.54, 1.807) is 0 Å². The second-order valence-corrected chi connectivity index (χ2v) is 5.57. The first kappa shape index (κ1) is 10.8. The Balaban J connectivity index is 1.68. The number of nitrogens with one attached hydrogen (secondary N) is 1. The van der Waals surface area contributed by atoms with Gasteiger partial charge in [-0.1, -0.05) is 19.3 Å². The molecule has 0 aromatic carbocycles. The molecule has 0 saturated heterocycles. The molecular formula is C12H22ClN. The molecule has 0 amide bonds. The Morgan fingerprint density at radius 1 is 0.714 bits per heavy atom. The lowest BCUT2D eigenvalue weighted by Crippen LogP contribution is -2.41. The van der Waals surface area contributed by atoms with Gasteiger partial charge in [0.2, 0.25) is 0 Å². The Kier molecular flexibility index (Phi) is 4.12. The van der Waals surface area contributed by atoms with Gasteiger partial charge >= 0.3 is 0 Å². The first-order valence-electron chi connectivity index (χ1n) is 6.25. The Bertz CT molecular complexity index is 158. The van der Waals surface area contributed by atoms with Crippen LogP contribution < -0.4 is 5.32 Å². The zero-order valence-electron chi connectivity index (χ0n) is 8.97. The van der Waals surface area contributed by atoms with Gasteiger partial charge in [-0.25, -0.2) is 0 Å². The minimum atomic E-state index is 0.458. The summed E-state index contributed by atoms with van der Waals surface area (Å²) in [5.74, 6) is 0. The first-order chi connectivity index (χ1) is 6.84. The third-order valence-electron chi connectivity index (χ3n) is 3.73. The molecular weight excluding hydrogens is 194 g/mol. The summed E-state index contributed by atoms with van der Waals surface area (Å²) in [5.41, 5.74) is 0.